The monoisotopic (exact) mass is 397 g/mol. The first kappa shape index (κ1) is 21.1. The molecule has 1 aromatic carbocycles. The average Bonchev–Trinajstić information content (AvgIpc) is 3.50. The lowest BCUT2D eigenvalue weighted by atomic mass is 10.1. The number of rotatable bonds is 8. The fourth-order valence-corrected chi connectivity index (χ4v) is 3.99. The number of esters is 1. The summed E-state index contributed by atoms with van der Waals surface area (Å²) in [5.41, 5.74) is 4.76. The van der Waals surface area contributed by atoms with E-state index in [1.54, 1.807) is 11.8 Å². The maximum Gasteiger partial charge on any atom is 0.328 e. The number of ether oxygens (including phenoxy) is 1. The van der Waals surface area contributed by atoms with E-state index >= 15 is 0 Å². The van der Waals surface area contributed by atoms with Gasteiger partial charge in [0.05, 0.1) is 18.0 Å². The Hall–Kier alpha value is -2.63. The number of carbonyl (C=O) groups excluding carboxylic acids is 2. The number of benzene rings is 1. The third-order valence-corrected chi connectivity index (χ3v) is 5.59. The van der Waals surface area contributed by atoms with Crippen molar-refractivity contribution in [3.63, 3.8) is 0 Å². The number of nitrogens with zero attached hydrogens (tertiary/aromatic N) is 3. The smallest absolute Gasteiger partial charge is 0.328 e. The van der Waals surface area contributed by atoms with Gasteiger partial charge >= 0.3 is 5.97 Å². The Morgan fingerprint density at radius 2 is 1.97 bits per heavy atom. The zero-order chi connectivity index (χ0) is 21.1. The highest BCUT2D eigenvalue weighted by molar-refractivity contribution is 5.97. The summed E-state index contributed by atoms with van der Waals surface area (Å²) in [6, 6.07) is 7.08. The van der Waals surface area contributed by atoms with Crippen LogP contribution in [0.15, 0.2) is 24.3 Å². The molecule has 1 saturated carbocycles. The first-order valence-electron chi connectivity index (χ1n) is 10.6. The molecule has 0 radical (unpaired) electrons. The largest absolute Gasteiger partial charge is 0.464 e. The summed E-state index contributed by atoms with van der Waals surface area (Å²) in [4.78, 5) is 27.6. The van der Waals surface area contributed by atoms with Crippen LogP contribution in [0.2, 0.25) is 0 Å². The lowest BCUT2D eigenvalue weighted by Gasteiger charge is -2.30. The summed E-state index contributed by atoms with van der Waals surface area (Å²) in [7, 11) is 0. The molecule has 0 saturated heterocycles. The molecule has 1 atom stereocenters. The minimum atomic E-state index is -0.543. The SMILES string of the molecule is CCOC(=O)C(CC)N(C(=O)c1cccc(-n2nc(C)c(CC)c2C)c1)C1CC1. The number of carbonyl (C=O) groups is 2. The molecule has 156 valence electrons. The normalized spacial score (nSPS) is 14.5. The van der Waals surface area contributed by atoms with E-state index in [1.165, 1.54) is 5.56 Å². The van der Waals surface area contributed by atoms with Crippen LogP contribution in [-0.4, -0.2) is 45.2 Å². The highest BCUT2D eigenvalue weighted by atomic mass is 16.5. The van der Waals surface area contributed by atoms with Gasteiger partial charge in [-0.05, 0) is 70.2 Å². The highest BCUT2D eigenvalue weighted by Crippen LogP contribution is 2.32. The van der Waals surface area contributed by atoms with Gasteiger partial charge in [-0.3, -0.25) is 4.79 Å². The third-order valence-electron chi connectivity index (χ3n) is 5.59. The van der Waals surface area contributed by atoms with E-state index in [1.807, 2.05) is 42.8 Å². The van der Waals surface area contributed by atoms with Crippen molar-refractivity contribution in [1.29, 1.82) is 0 Å². The van der Waals surface area contributed by atoms with Crippen LogP contribution < -0.4 is 0 Å². The van der Waals surface area contributed by atoms with Crippen molar-refractivity contribution in [2.24, 2.45) is 0 Å². The lowest BCUT2D eigenvalue weighted by molar-refractivity contribution is -0.148. The quantitative estimate of drug-likeness (QED) is 0.632. The minimum Gasteiger partial charge on any atom is -0.464 e. The molecule has 2 aromatic rings. The molecule has 1 unspecified atom stereocenters. The highest BCUT2D eigenvalue weighted by Gasteiger charge is 2.40. The van der Waals surface area contributed by atoms with Crippen LogP contribution in [0.5, 0.6) is 0 Å². The van der Waals surface area contributed by atoms with Crippen LogP contribution in [0.25, 0.3) is 5.69 Å². The fourth-order valence-electron chi connectivity index (χ4n) is 3.99. The number of aromatic nitrogens is 2. The molecular formula is C23H31N3O3. The van der Waals surface area contributed by atoms with Gasteiger partial charge in [-0.1, -0.05) is 19.9 Å². The molecule has 0 aliphatic heterocycles. The van der Waals surface area contributed by atoms with E-state index in [9.17, 15) is 9.59 Å². The molecule has 6 nitrogen and oxygen atoms in total. The Morgan fingerprint density at radius 1 is 1.24 bits per heavy atom. The van der Waals surface area contributed by atoms with Gasteiger partial charge in [0.1, 0.15) is 6.04 Å². The van der Waals surface area contributed by atoms with E-state index < -0.39 is 6.04 Å². The summed E-state index contributed by atoms with van der Waals surface area (Å²) in [6.45, 7) is 10.2. The van der Waals surface area contributed by atoms with Gasteiger partial charge in [0.15, 0.2) is 0 Å². The van der Waals surface area contributed by atoms with Gasteiger partial charge in [-0.15, -0.1) is 0 Å². The maximum absolute atomic E-state index is 13.4. The molecule has 0 N–H and O–H groups in total. The Morgan fingerprint density at radius 3 is 2.52 bits per heavy atom. The van der Waals surface area contributed by atoms with Gasteiger partial charge in [-0.25, -0.2) is 9.48 Å². The van der Waals surface area contributed by atoms with Crippen molar-refractivity contribution >= 4 is 11.9 Å². The van der Waals surface area contributed by atoms with E-state index in [0.29, 0.717) is 18.6 Å². The van der Waals surface area contributed by atoms with E-state index in [2.05, 4.69) is 18.9 Å². The average molecular weight is 398 g/mol. The topological polar surface area (TPSA) is 64.4 Å². The molecule has 1 fully saturated rings. The third kappa shape index (κ3) is 4.21. The van der Waals surface area contributed by atoms with Crippen molar-refractivity contribution in [2.45, 2.75) is 72.4 Å². The number of aryl methyl sites for hydroxylation is 1. The van der Waals surface area contributed by atoms with Crippen molar-refractivity contribution in [3.8, 4) is 5.69 Å². The summed E-state index contributed by atoms with van der Waals surface area (Å²) >= 11 is 0. The van der Waals surface area contributed by atoms with Crippen molar-refractivity contribution < 1.29 is 14.3 Å². The van der Waals surface area contributed by atoms with Gasteiger partial charge in [-0.2, -0.15) is 5.10 Å². The molecule has 29 heavy (non-hydrogen) atoms. The predicted molar refractivity (Wildman–Crippen MR) is 112 cm³/mol. The molecular weight excluding hydrogens is 366 g/mol. The Bertz CT molecular complexity index is 899. The zero-order valence-electron chi connectivity index (χ0n) is 18.1. The van der Waals surface area contributed by atoms with Crippen molar-refractivity contribution in [1.82, 2.24) is 14.7 Å². The molecule has 1 aliphatic rings. The molecule has 0 bridgehead atoms. The number of hydrogen-bond donors (Lipinski definition) is 0. The van der Waals surface area contributed by atoms with Crippen LogP contribution in [0.4, 0.5) is 0 Å². The molecule has 1 heterocycles. The molecule has 0 spiro atoms. The summed E-state index contributed by atoms with van der Waals surface area (Å²) in [6.07, 6.45) is 3.32. The fraction of sp³-hybridized carbons (Fsp3) is 0.522. The van der Waals surface area contributed by atoms with Crippen molar-refractivity contribution in [3.05, 3.63) is 46.8 Å². The molecule has 6 heteroatoms. The first-order valence-corrected chi connectivity index (χ1v) is 10.6. The standard InChI is InChI=1S/C23H31N3O3/c1-6-20-15(4)24-26(16(20)5)19-11-9-10-17(14-19)22(27)25(18-12-13-18)21(7-2)23(28)29-8-3/h9-11,14,18,21H,6-8,12-13H2,1-5H3. The summed E-state index contributed by atoms with van der Waals surface area (Å²) < 4.78 is 7.13. The van der Waals surface area contributed by atoms with Gasteiger partial charge in [0.2, 0.25) is 0 Å². The number of hydrogen-bond acceptors (Lipinski definition) is 4. The lowest BCUT2D eigenvalue weighted by Crippen LogP contribution is -2.47. The molecule has 3 rings (SSSR count). The van der Waals surface area contributed by atoms with Crippen molar-refractivity contribution in [2.75, 3.05) is 6.61 Å². The van der Waals surface area contributed by atoms with Gasteiger partial charge < -0.3 is 9.64 Å². The van der Waals surface area contributed by atoms with Crippen LogP contribution in [-0.2, 0) is 16.0 Å². The van der Waals surface area contributed by atoms with E-state index in [0.717, 1.165) is 36.3 Å². The first-order chi connectivity index (χ1) is 13.9. The second kappa shape index (κ2) is 8.80. The van der Waals surface area contributed by atoms with Gasteiger partial charge in [0.25, 0.3) is 5.91 Å². The zero-order valence-corrected chi connectivity index (χ0v) is 18.1. The molecule has 1 aliphatic carbocycles. The summed E-state index contributed by atoms with van der Waals surface area (Å²) in [5.74, 6) is -0.441. The molecule has 1 aromatic heterocycles. The maximum atomic E-state index is 13.4. The predicted octanol–water partition coefficient (Wildman–Crippen LogP) is 4.00. The van der Waals surface area contributed by atoms with Crippen LogP contribution in [0.1, 0.15) is 67.3 Å². The number of amides is 1. The second-order valence-electron chi connectivity index (χ2n) is 7.58. The van der Waals surface area contributed by atoms with E-state index in [4.69, 9.17) is 4.74 Å². The van der Waals surface area contributed by atoms with Gasteiger partial charge in [0, 0.05) is 17.3 Å². The summed E-state index contributed by atoms with van der Waals surface area (Å²) in [5, 5.41) is 4.67. The Labute approximate surface area is 172 Å². The Kier molecular flexibility index (Phi) is 6.40. The van der Waals surface area contributed by atoms with Crippen LogP contribution in [0.3, 0.4) is 0 Å². The van der Waals surface area contributed by atoms with E-state index in [-0.39, 0.29) is 17.9 Å². The molecule has 1 amide bonds. The van der Waals surface area contributed by atoms with Crippen LogP contribution in [0, 0.1) is 13.8 Å². The van der Waals surface area contributed by atoms with Crippen LogP contribution >= 0.6 is 0 Å². The minimum absolute atomic E-state index is 0.112. The second-order valence-corrected chi connectivity index (χ2v) is 7.58. The Balaban J connectivity index is 1.94.